The van der Waals surface area contributed by atoms with Gasteiger partial charge < -0.3 is 10.2 Å². The molecule has 0 aliphatic rings. The fraction of sp³-hybridized carbons (Fsp3) is 0.364. The molecule has 2 atom stereocenters. The van der Waals surface area contributed by atoms with E-state index in [2.05, 4.69) is 5.32 Å². The maximum Gasteiger partial charge on any atom is 0.323 e. The topological polar surface area (TPSA) is 69.6 Å². The molecule has 0 heterocycles. The lowest BCUT2D eigenvalue weighted by molar-refractivity contribution is -0.142. The van der Waals surface area contributed by atoms with Crippen molar-refractivity contribution in [2.75, 3.05) is 0 Å². The lowest BCUT2D eigenvalue weighted by atomic mass is 10.1. The van der Waals surface area contributed by atoms with E-state index >= 15 is 0 Å². The molecule has 88 valence electrons. The first-order valence-corrected chi connectivity index (χ1v) is 4.90. The number of benzene rings is 1. The van der Waals surface area contributed by atoms with Gasteiger partial charge >= 0.3 is 5.97 Å². The van der Waals surface area contributed by atoms with Crippen molar-refractivity contribution in [3.8, 4) is 0 Å². The Labute approximate surface area is 92.7 Å². The molecule has 0 saturated heterocycles. The first kappa shape index (κ1) is 12.6. The highest BCUT2D eigenvalue weighted by Gasteiger charge is 2.22. The molecule has 0 amide bonds. The number of aliphatic hydroxyl groups is 1. The summed E-state index contributed by atoms with van der Waals surface area (Å²) < 4.78 is 13.2. The molecule has 5 heteroatoms. The number of hydrogen-bond donors (Lipinski definition) is 3. The number of carbonyl (C=O) groups is 1. The van der Waals surface area contributed by atoms with E-state index in [1.165, 1.54) is 13.0 Å². The van der Waals surface area contributed by atoms with Crippen molar-refractivity contribution >= 4 is 5.97 Å². The second-order valence-corrected chi connectivity index (χ2v) is 3.53. The standard InChI is InChI=1S/C11H14FNO3/c1-7(14)10(11(15)16)13-6-8-4-2-3-5-9(8)12/h2-5,7,10,13-14H,6H2,1H3,(H,15,16). The van der Waals surface area contributed by atoms with Gasteiger partial charge in [-0.1, -0.05) is 18.2 Å². The molecule has 2 unspecified atom stereocenters. The van der Waals surface area contributed by atoms with E-state index in [9.17, 15) is 14.3 Å². The number of halogens is 1. The van der Waals surface area contributed by atoms with Crippen LogP contribution in [0.25, 0.3) is 0 Å². The molecule has 1 rings (SSSR count). The van der Waals surface area contributed by atoms with Crippen LogP contribution in [0.2, 0.25) is 0 Å². The zero-order chi connectivity index (χ0) is 12.1. The second kappa shape index (κ2) is 5.58. The van der Waals surface area contributed by atoms with Gasteiger partial charge in [0, 0.05) is 12.1 Å². The summed E-state index contributed by atoms with van der Waals surface area (Å²) in [6, 6.07) is 4.98. The summed E-state index contributed by atoms with van der Waals surface area (Å²) in [7, 11) is 0. The monoisotopic (exact) mass is 227 g/mol. The molecule has 4 nitrogen and oxygen atoms in total. The maximum atomic E-state index is 13.2. The van der Waals surface area contributed by atoms with Crippen molar-refractivity contribution in [2.45, 2.75) is 25.6 Å². The molecule has 1 aromatic rings. The first-order valence-electron chi connectivity index (χ1n) is 4.90. The van der Waals surface area contributed by atoms with Gasteiger partial charge in [0.25, 0.3) is 0 Å². The van der Waals surface area contributed by atoms with Gasteiger partial charge in [0.15, 0.2) is 0 Å². The van der Waals surface area contributed by atoms with Gasteiger partial charge in [-0.3, -0.25) is 10.1 Å². The number of aliphatic hydroxyl groups excluding tert-OH is 1. The van der Waals surface area contributed by atoms with E-state index < -0.39 is 23.9 Å². The van der Waals surface area contributed by atoms with Crippen LogP contribution >= 0.6 is 0 Å². The molecule has 1 aromatic carbocycles. The van der Waals surface area contributed by atoms with Crippen LogP contribution in [0.15, 0.2) is 24.3 Å². The zero-order valence-corrected chi connectivity index (χ0v) is 8.85. The van der Waals surface area contributed by atoms with Gasteiger partial charge in [0.1, 0.15) is 11.9 Å². The zero-order valence-electron chi connectivity index (χ0n) is 8.85. The number of aliphatic carboxylic acids is 1. The Morgan fingerprint density at radius 2 is 2.12 bits per heavy atom. The smallest absolute Gasteiger partial charge is 0.323 e. The average molecular weight is 227 g/mol. The molecular weight excluding hydrogens is 213 g/mol. The maximum absolute atomic E-state index is 13.2. The summed E-state index contributed by atoms with van der Waals surface area (Å²) in [5, 5.41) is 20.6. The highest BCUT2D eigenvalue weighted by molar-refractivity contribution is 5.74. The summed E-state index contributed by atoms with van der Waals surface area (Å²) in [5.74, 6) is -1.56. The molecule has 0 spiro atoms. The van der Waals surface area contributed by atoms with Crippen molar-refractivity contribution in [3.63, 3.8) is 0 Å². The second-order valence-electron chi connectivity index (χ2n) is 3.53. The van der Waals surface area contributed by atoms with Gasteiger partial charge in [0.2, 0.25) is 0 Å². The third-order valence-corrected chi connectivity index (χ3v) is 2.22. The molecule has 0 aromatic heterocycles. The van der Waals surface area contributed by atoms with Gasteiger partial charge in [0.05, 0.1) is 6.10 Å². The van der Waals surface area contributed by atoms with Crippen LogP contribution in [0.1, 0.15) is 12.5 Å². The van der Waals surface area contributed by atoms with Crippen LogP contribution < -0.4 is 5.32 Å². The van der Waals surface area contributed by atoms with Crippen LogP contribution in [0.3, 0.4) is 0 Å². The molecule has 0 saturated carbocycles. The number of nitrogens with one attached hydrogen (secondary N) is 1. The Bertz CT molecular complexity index is 368. The number of rotatable bonds is 5. The van der Waals surface area contributed by atoms with Crippen molar-refractivity contribution in [1.29, 1.82) is 0 Å². The normalized spacial score (nSPS) is 14.4. The molecule has 0 aliphatic carbocycles. The van der Waals surface area contributed by atoms with Crippen LogP contribution in [0.5, 0.6) is 0 Å². The minimum Gasteiger partial charge on any atom is -0.480 e. The van der Waals surface area contributed by atoms with Crippen molar-refractivity contribution in [1.82, 2.24) is 5.32 Å². The fourth-order valence-corrected chi connectivity index (χ4v) is 1.33. The summed E-state index contributed by atoms with van der Waals surface area (Å²) in [6.07, 6.45) is -1.04. The number of carboxylic acid groups (broad SMARTS) is 1. The molecular formula is C11H14FNO3. The predicted octanol–water partition coefficient (Wildman–Crippen LogP) is 0.749. The molecule has 16 heavy (non-hydrogen) atoms. The van der Waals surface area contributed by atoms with Gasteiger partial charge in [-0.15, -0.1) is 0 Å². The summed E-state index contributed by atoms with van der Waals surface area (Å²) in [4.78, 5) is 10.7. The first-order chi connectivity index (χ1) is 7.52. The van der Waals surface area contributed by atoms with E-state index in [1.807, 2.05) is 0 Å². The fourth-order valence-electron chi connectivity index (χ4n) is 1.33. The van der Waals surface area contributed by atoms with Gasteiger partial charge in [-0.05, 0) is 13.0 Å². The van der Waals surface area contributed by atoms with Crippen LogP contribution in [-0.2, 0) is 11.3 Å². The largest absolute Gasteiger partial charge is 0.480 e. The van der Waals surface area contributed by atoms with E-state index in [1.54, 1.807) is 18.2 Å². The molecule has 3 N–H and O–H groups in total. The molecule has 0 aliphatic heterocycles. The van der Waals surface area contributed by atoms with Gasteiger partial charge in [-0.25, -0.2) is 4.39 Å². The molecule has 0 radical (unpaired) electrons. The Hall–Kier alpha value is -1.46. The highest BCUT2D eigenvalue weighted by atomic mass is 19.1. The SMILES string of the molecule is CC(O)C(NCc1ccccc1F)C(=O)O. The number of carboxylic acids is 1. The van der Waals surface area contributed by atoms with Crippen molar-refractivity contribution < 1.29 is 19.4 Å². The minimum atomic E-state index is -1.16. The quantitative estimate of drug-likeness (QED) is 0.694. The lowest BCUT2D eigenvalue weighted by Gasteiger charge is -2.17. The minimum absolute atomic E-state index is 0.0640. The van der Waals surface area contributed by atoms with Gasteiger partial charge in [-0.2, -0.15) is 0 Å². The lowest BCUT2D eigenvalue weighted by Crippen LogP contribution is -2.44. The molecule has 0 fully saturated rings. The third kappa shape index (κ3) is 3.29. The van der Waals surface area contributed by atoms with Crippen molar-refractivity contribution in [2.24, 2.45) is 0 Å². The summed E-state index contributed by atoms with van der Waals surface area (Å²) >= 11 is 0. The van der Waals surface area contributed by atoms with E-state index in [0.717, 1.165) is 0 Å². The van der Waals surface area contributed by atoms with Crippen LogP contribution in [0.4, 0.5) is 4.39 Å². The van der Waals surface area contributed by atoms with E-state index in [0.29, 0.717) is 5.56 Å². The Kier molecular flexibility index (Phi) is 4.39. The average Bonchev–Trinajstić information content (AvgIpc) is 2.20. The number of hydrogen-bond acceptors (Lipinski definition) is 3. The summed E-state index contributed by atoms with van der Waals surface area (Å²) in [5.41, 5.74) is 0.370. The van der Waals surface area contributed by atoms with Crippen molar-refractivity contribution in [3.05, 3.63) is 35.6 Å². The van der Waals surface area contributed by atoms with Crippen LogP contribution in [0, 0.1) is 5.82 Å². The summed E-state index contributed by atoms with van der Waals surface area (Å²) in [6.45, 7) is 1.43. The predicted molar refractivity (Wildman–Crippen MR) is 56.3 cm³/mol. The Balaban J connectivity index is 2.63. The van der Waals surface area contributed by atoms with E-state index in [4.69, 9.17) is 5.11 Å². The Morgan fingerprint density at radius 1 is 1.50 bits per heavy atom. The van der Waals surface area contributed by atoms with E-state index in [-0.39, 0.29) is 6.54 Å². The molecule has 0 bridgehead atoms. The highest BCUT2D eigenvalue weighted by Crippen LogP contribution is 2.06. The third-order valence-electron chi connectivity index (χ3n) is 2.22. The Morgan fingerprint density at radius 3 is 2.62 bits per heavy atom. The van der Waals surface area contributed by atoms with Crippen LogP contribution in [-0.4, -0.2) is 28.3 Å².